The van der Waals surface area contributed by atoms with Gasteiger partial charge in [0.05, 0.1) is 14.2 Å². The van der Waals surface area contributed by atoms with Gasteiger partial charge in [-0.25, -0.2) is 0 Å². The van der Waals surface area contributed by atoms with Gasteiger partial charge in [0.1, 0.15) is 6.04 Å². The van der Waals surface area contributed by atoms with E-state index >= 15 is 0 Å². The van der Waals surface area contributed by atoms with Crippen LogP contribution in [0, 0.1) is 0 Å². The summed E-state index contributed by atoms with van der Waals surface area (Å²) in [6, 6.07) is 14.1. The lowest BCUT2D eigenvalue weighted by Crippen LogP contribution is -2.71. The van der Waals surface area contributed by atoms with E-state index in [4.69, 9.17) is 9.47 Å². The lowest BCUT2D eigenvalue weighted by Gasteiger charge is -2.47. The molecular formula is C23H28N2O5. The Bertz CT molecular complexity index is 917. The molecule has 1 fully saturated rings. The van der Waals surface area contributed by atoms with E-state index < -0.39 is 17.7 Å². The zero-order valence-corrected chi connectivity index (χ0v) is 17.8. The molecule has 1 aliphatic heterocycles. The Morgan fingerprint density at radius 3 is 2.30 bits per heavy atom. The molecule has 1 heterocycles. The third-order valence-electron chi connectivity index (χ3n) is 5.68. The van der Waals surface area contributed by atoms with Gasteiger partial charge < -0.3 is 24.4 Å². The van der Waals surface area contributed by atoms with Crippen molar-refractivity contribution in [2.24, 2.45) is 0 Å². The molecule has 160 valence electrons. The van der Waals surface area contributed by atoms with Crippen molar-refractivity contribution in [3.05, 3.63) is 59.7 Å². The number of likely N-dealkylation sites (N-methyl/N-ethyl adjacent to an activating group) is 1. The highest BCUT2D eigenvalue weighted by Crippen LogP contribution is 2.30. The highest BCUT2D eigenvalue weighted by atomic mass is 16.5. The molecule has 1 saturated heterocycles. The van der Waals surface area contributed by atoms with Crippen LogP contribution in [0.3, 0.4) is 0 Å². The van der Waals surface area contributed by atoms with E-state index in [-0.39, 0.29) is 18.9 Å². The van der Waals surface area contributed by atoms with Crippen molar-refractivity contribution in [1.29, 1.82) is 0 Å². The topological polar surface area (TPSA) is 79.3 Å². The molecule has 3 rings (SSSR count). The van der Waals surface area contributed by atoms with Gasteiger partial charge in [-0.2, -0.15) is 0 Å². The Kier molecular flexibility index (Phi) is 6.31. The first-order valence-corrected chi connectivity index (χ1v) is 9.87. The third-order valence-corrected chi connectivity index (χ3v) is 5.68. The quantitative estimate of drug-likeness (QED) is 0.751. The molecule has 2 atom stereocenters. The first-order chi connectivity index (χ1) is 14.3. The lowest BCUT2D eigenvalue weighted by molar-refractivity contribution is -0.197. The van der Waals surface area contributed by atoms with Crippen LogP contribution in [-0.4, -0.2) is 66.3 Å². The maximum absolute atomic E-state index is 13.1. The maximum Gasteiger partial charge on any atom is 0.276 e. The average molecular weight is 412 g/mol. The van der Waals surface area contributed by atoms with Crippen molar-refractivity contribution < 1.29 is 24.2 Å². The number of hydrogen-bond donors (Lipinski definition) is 1. The summed E-state index contributed by atoms with van der Waals surface area (Å²) in [7, 11) is 4.67. The summed E-state index contributed by atoms with van der Waals surface area (Å²) in [6.45, 7) is 1.87. The molecule has 0 aromatic heterocycles. The Hall–Kier alpha value is -3.06. The zero-order valence-electron chi connectivity index (χ0n) is 17.8. The Morgan fingerprint density at radius 2 is 1.67 bits per heavy atom. The molecule has 1 unspecified atom stereocenters. The van der Waals surface area contributed by atoms with Crippen molar-refractivity contribution in [3.63, 3.8) is 0 Å². The minimum Gasteiger partial charge on any atom is -0.493 e. The number of aliphatic hydroxyl groups is 1. The van der Waals surface area contributed by atoms with Crippen LogP contribution in [0.25, 0.3) is 0 Å². The Morgan fingerprint density at radius 1 is 1.00 bits per heavy atom. The van der Waals surface area contributed by atoms with Crippen LogP contribution in [0.5, 0.6) is 11.5 Å². The minimum atomic E-state index is -1.93. The Labute approximate surface area is 176 Å². The zero-order chi connectivity index (χ0) is 21.9. The van der Waals surface area contributed by atoms with Crippen molar-refractivity contribution in [3.8, 4) is 11.5 Å². The predicted molar refractivity (Wildman–Crippen MR) is 112 cm³/mol. The first kappa shape index (κ1) is 21.6. The van der Waals surface area contributed by atoms with Gasteiger partial charge in [-0.1, -0.05) is 36.4 Å². The first-order valence-electron chi connectivity index (χ1n) is 9.87. The van der Waals surface area contributed by atoms with E-state index in [1.54, 1.807) is 34.3 Å². The van der Waals surface area contributed by atoms with E-state index in [2.05, 4.69) is 0 Å². The second-order valence-electron chi connectivity index (χ2n) is 7.50. The normalized spacial score (nSPS) is 21.7. The molecule has 2 amide bonds. The van der Waals surface area contributed by atoms with Gasteiger partial charge in [0.25, 0.3) is 5.91 Å². The van der Waals surface area contributed by atoms with Gasteiger partial charge in [0, 0.05) is 20.0 Å². The molecule has 0 bridgehead atoms. The largest absolute Gasteiger partial charge is 0.493 e. The number of hydrogen-bond acceptors (Lipinski definition) is 5. The van der Waals surface area contributed by atoms with Gasteiger partial charge in [-0.3, -0.25) is 9.59 Å². The monoisotopic (exact) mass is 412 g/mol. The summed E-state index contributed by atoms with van der Waals surface area (Å²) in [4.78, 5) is 28.7. The number of carbonyl (C=O) groups is 2. The molecule has 0 radical (unpaired) electrons. The van der Waals surface area contributed by atoms with Crippen LogP contribution in [0.2, 0.25) is 0 Å². The molecule has 2 aromatic rings. The van der Waals surface area contributed by atoms with E-state index in [1.165, 1.54) is 9.80 Å². The Balaban J connectivity index is 1.88. The lowest BCUT2D eigenvalue weighted by atomic mass is 9.94. The molecule has 0 aliphatic carbocycles. The average Bonchev–Trinajstić information content (AvgIpc) is 2.77. The summed E-state index contributed by atoms with van der Waals surface area (Å²) < 4.78 is 10.6. The van der Waals surface area contributed by atoms with Gasteiger partial charge in [0.15, 0.2) is 11.5 Å². The molecule has 0 saturated carbocycles. The molecule has 0 spiro atoms. The van der Waals surface area contributed by atoms with E-state index in [1.807, 2.05) is 42.5 Å². The van der Waals surface area contributed by atoms with Gasteiger partial charge in [0.2, 0.25) is 11.6 Å². The summed E-state index contributed by atoms with van der Waals surface area (Å²) >= 11 is 0. The number of carbonyl (C=O) groups excluding carboxylic acids is 2. The predicted octanol–water partition coefficient (Wildman–Crippen LogP) is 1.87. The number of ether oxygens (including phenoxy) is 2. The third kappa shape index (κ3) is 3.98. The fourth-order valence-electron chi connectivity index (χ4n) is 3.77. The fourth-order valence-corrected chi connectivity index (χ4v) is 3.77. The molecule has 2 aromatic carbocycles. The summed E-state index contributed by atoms with van der Waals surface area (Å²) in [5.41, 5.74) is -0.252. The highest BCUT2D eigenvalue weighted by molar-refractivity contribution is 5.98. The van der Waals surface area contributed by atoms with E-state index in [0.29, 0.717) is 17.9 Å². The molecular weight excluding hydrogens is 384 g/mol. The number of benzene rings is 2. The van der Waals surface area contributed by atoms with Crippen molar-refractivity contribution in [2.75, 3.05) is 27.8 Å². The van der Waals surface area contributed by atoms with Crippen LogP contribution >= 0.6 is 0 Å². The molecule has 7 heteroatoms. The number of rotatable bonds is 7. The van der Waals surface area contributed by atoms with Crippen LogP contribution in [0.4, 0.5) is 0 Å². The summed E-state index contributed by atoms with van der Waals surface area (Å²) in [6.07, 6.45) is 0.480. The molecule has 1 aliphatic rings. The van der Waals surface area contributed by atoms with Crippen molar-refractivity contribution in [1.82, 2.24) is 9.80 Å². The molecule has 7 nitrogen and oxygen atoms in total. The number of piperazine rings is 1. The smallest absolute Gasteiger partial charge is 0.276 e. The standard InChI is InChI=1S/C23H28N2O5/c1-16-21(26)25(13-12-17-10-11-19(29-3)20(14-17)30-4)23(28,22(27)24(16)2)15-18-8-6-5-7-9-18/h5-11,14,16,28H,12-13,15H2,1-4H3/t16-,23?/m0/s1. The number of amides is 2. The van der Waals surface area contributed by atoms with E-state index in [0.717, 1.165) is 11.1 Å². The molecule has 30 heavy (non-hydrogen) atoms. The van der Waals surface area contributed by atoms with Crippen LogP contribution in [0.15, 0.2) is 48.5 Å². The summed E-state index contributed by atoms with van der Waals surface area (Å²) in [5.74, 6) is 0.437. The number of methoxy groups -OCH3 is 2. The SMILES string of the molecule is COc1ccc(CCN2C(=O)[C@H](C)N(C)C(=O)C2(O)Cc2ccccc2)cc1OC. The second kappa shape index (κ2) is 8.75. The van der Waals surface area contributed by atoms with Crippen LogP contribution < -0.4 is 9.47 Å². The van der Waals surface area contributed by atoms with E-state index in [9.17, 15) is 14.7 Å². The fraction of sp³-hybridized carbons (Fsp3) is 0.391. The minimum absolute atomic E-state index is 0.0292. The van der Waals surface area contributed by atoms with Gasteiger partial charge in [-0.05, 0) is 36.6 Å². The molecule has 1 N–H and O–H groups in total. The number of nitrogens with zero attached hydrogens (tertiary/aromatic N) is 2. The van der Waals surface area contributed by atoms with Crippen molar-refractivity contribution >= 4 is 11.8 Å². The maximum atomic E-state index is 13.1. The summed E-state index contributed by atoms with van der Waals surface area (Å²) in [5, 5.41) is 11.4. The van der Waals surface area contributed by atoms with Gasteiger partial charge >= 0.3 is 0 Å². The van der Waals surface area contributed by atoms with Crippen molar-refractivity contribution in [2.45, 2.75) is 31.5 Å². The van der Waals surface area contributed by atoms with Gasteiger partial charge in [-0.15, -0.1) is 0 Å². The highest BCUT2D eigenvalue weighted by Gasteiger charge is 2.53. The second-order valence-corrected chi connectivity index (χ2v) is 7.50. The van der Waals surface area contributed by atoms with Crippen LogP contribution in [-0.2, 0) is 22.4 Å². The van der Waals surface area contributed by atoms with Crippen LogP contribution in [0.1, 0.15) is 18.1 Å².